The molecule has 0 atom stereocenters. The van der Waals surface area contributed by atoms with Crippen molar-refractivity contribution in [3.63, 3.8) is 0 Å². The quantitative estimate of drug-likeness (QED) is 0.887. The Morgan fingerprint density at radius 1 is 1.00 bits per heavy atom. The normalized spacial score (nSPS) is 11.4. The molecule has 1 N–H and O–H groups in total. The summed E-state index contributed by atoms with van der Waals surface area (Å²) in [6, 6.07) is 10.5. The van der Waals surface area contributed by atoms with Crippen molar-refractivity contribution in [2.75, 3.05) is 12.4 Å². The maximum atomic E-state index is 4.29. The lowest BCUT2D eigenvalue weighted by atomic mass is 9.85. The Morgan fingerprint density at radius 3 is 2.26 bits per heavy atom. The van der Waals surface area contributed by atoms with E-state index in [-0.39, 0.29) is 5.41 Å². The molecule has 100 valence electrons. The topological polar surface area (TPSA) is 37.8 Å². The third-order valence-electron chi connectivity index (χ3n) is 3.30. The van der Waals surface area contributed by atoms with Crippen LogP contribution >= 0.6 is 0 Å². The molecular weight excluding hydrogens is 234 g/mol. The maximum absolute atomic E-state index is 4.29. The van der Waals surface area contributed by atoms with Crippen LogP contribution in [0.4, 0.5) is 5.82 Å². The van der Waals surface area contributed by atoms with Crippen LogP contribution in [0.2, 0.25) is 0 Å². The van der Waals surface area contributed by atoms with Crippen LogP contribution in [0.25, 0.3) is 11.3 Å². The van der Waals surface area contributed by atoms with E-state index in [0.29, 0.717) is 0 Å². The first-order valence-corrected chi connectivity index (χ1v) is 6.55. The fraction of sp³-hybridized carbons (Fsp3) is 0.375. The van der Waals surface area contributed by atoms with Gasteiger partial charge in [0, 0.05) is 12.6 Å². The van der Waals surface area contributed by atoms with Crippen LogP contribution < -0.4 is 5.32 Å². The fourth-order valence-corrected chi connectivity index (χ4v) is 1.97. The van der Waals surface area contributed by atoms with E-state index in [0.717, 1.165) is 17.1 Å². The van der Waals surface area contributed by atoms with Crippen LogP contribution in [0.15, 0.2) is 30.3 Å². The molecule has 0 bridgehead atoms. The molecule has 1 aromatic heterocycles. The highest BCUT2D eigenvalue weighted by molar-refractivity contribution is 5.65. The van der Waals surface area contributed by atoms with Gasteiger partial charge in [0.05, 0.1) is 5.69 Å². The minimum atomic E-state index is 0.140. The molecule has 1 heterocycles. The van der Waals surface area contributed by atoms with Crippen molar-refractivity contribution < 1.29 is 0 Å². The van der Waals surface area contributed by atoms with Crippen LogP contribution in [-0.2, 0) is 5.41 Å². The molecule has 2 aromatic rings. The third kappa shape index (κ3) is 2.92. The Labute approximate surface area is 115 Å². The highest BCUT2D eigenvalue weighted by atomic mass is 15.2. The van der Waals surface area contributed by atoms with E-state index in [1.165, 1.54) is 11.1 Å². The van der Waals surface area contributed by atoms with Gasteiger partial charge in [-0.05, 0) is 41.7 Å². The first kappa shape index (κ1) is 13.5. The summed E-state index contributed by atoms with van der Waals surface area (Å²) in [7, 11) is 1.84. The van der Waals surface area contributed by atoms with Crippen LogP contribution in [0, 0.1) is 6.92 Å². The van der Waals surface area contributed by atoms with Crippen LogP contribution in [0.5, 0.6) is 0 Å². The Balaban J connectivity index is 2.48. The monoisotopic (exact) mass is 255 g/mol. The van der Waals surface area contributed by atoms with Gasteiger partial charge in [-0.25, -0.2) is 0 Å². The Morgan fingerprint density at radius 2 is 1.74 bits per heavy atom. The molecule has 0 saturated carbocycles. The first-order chi connectivity index (χ1) is 8.91. The summed E-state index contributed by atoms with van der Waals surface area (Å²) in [4.78, 5) is 0. The van der Waals surface area contributed by atoms with E-state index in [1.54, 1.807) is 0 Å². The second kappa shape index (κ2) is 5.00. The summed E-state index contributed by atoms with van der Waals surface area (Å²) < 4.78 is 0. The van der Waals surface area contributed by atoms with Crippen molar-refractivity contribution in [3.05, 3.63) is 41.5 Å². The summed E-state index contributed by atoms with van der Waals surface area (Å²) in [5.74, 6) is 0.786. The number of benzene rings is 1. The van der Waals surface area contributed by atoms with Gasteiger partial charge in [0.2, 0.25) is 0 Å². The van der Waals surface area contributed by atoms with Gasteiger partial charge in [-0.15, -0.1) is 10.2 Å². The molecule has 19 heavy (non-hydrogen) atoms. The lowest BCUT2D eigenvalue weighted by Gasteiger charge is -2.20. The molecule has 0 unspecified atom stereocenters. The van der Waals surface area contributed by atoms with E-state index in [9.17, 15) is 0 Å². The number of anilines is 1. The molecule has 0 aliphatic rings. The molecule has 0 radical (unpaired) electrons. The Bertz CT molecular complexity index is 566. The summed E-state index contributed by atoms with van der Waals surface area (Å²) in [5, 5.41) is 11.4. The number of hydrogen-bond acceptors (Lipinski definition) is 3. The molecule has 2 rings (SSSR count). The SMILES string of the molecule is CNc1ccc(-c2cc(C(C)(C)C)ccc2C)nn1. The van der Waals surface area contributed by atoms with Crippen molar-refractivity contribution in [1.82, 2.24) is 10.2 Å². The highest BCUT2D eigenvalue weighted by Gasteiger charge is 2.15. The largest absolute Gasteiger partial charge is 0.372 e. The van der Waals surface area contributed by atoms with Gasteiger partial charge in [-0.3, -0.25) is 0 Å². The van der Waals surface area contributed by atoms with Crippen LogP contribution in [0.3, 0.4) is 0 Å². The average Bonchev–Trinajstić information content (AvgIpc) is 2.38. The summed E-state index contributed by atoms with van der Waals surface area (Å²) in [6.07, 6.45) is 0. The molecule has 3 nitrogen and oxygen atoms in total. The van der Waals surface area contributed by atoms with Gasteiger partial charge in [-0.2, -0.15) is 0 Å². The minimum Gasteiger partial charge on any atom is -0.372 e. The van der Waals surface area contributed by atoms with Crippen LogP contribution in [0.1, 0.15) is 31.9 Å². The predicted octanol–water partition coefficient (Wildman–Crippen LogP) is 3.79. The maximum Gasteiger partial charge on any atom is 0.148 e. The smallest absolute Gasteiger partial charge is 0.148 e. The van der Waals surface area contributed by atoms with Gasteiger partial charge < -0.3 is 5.32 Å². The van der Waals surface area contributed by atoms with Crippen molar-refractivity contribution >= 4 is 5.82 Å². The third-order valence-corrected chi connectivity index (χ3v) is 3.30. The van der Waals surface area contributed by atoms with Gasteiger partial charge in [0.25, 0.3) is 0 Å². The van der Waals surface area contributed by atoms with Crippen molar-refractivity contribution in [3.8, 4) is 11.3 Å². The molecule has 0 amide bonds. The number of rotatable bonds is 2. The molecule has 0 fully saturated rings. The standard InChI is InChI=1S/C16H21N3/c1-11-6-7-12(16(2,3)4)10-13(11)14-8-9-15(17-5)19-18-14/h6-10H,1-5H3,(H,17,19). The average molecular weight is 255 g/mol. The zero-order valence-electron chi connectivity index (χ0n) is 12.3. The molecule has 0 aliphatic carbocycles. The van der Waals surface area contributed by atoms with E-state index >= 15 is 0 Å². The zero-order valence-corrected chi connectivity index (χ0v) is 12.3. The first-order valence-electron chi connectivity index (χ1n) is 6.55. The second-order valence-corrected chi connectivity index (χ2v) is 5.83. The Kier molecular flexibility index (Phi) is 3.56. The number of hydrogen-bond donors (Lipinski definition) is 1. The van der Waals surface area contributed by atoms with Crippen molar-refractivity contribution in [2.45, 2.75) is 33.1 Å². The molecule has 0 saturated heterocycles. The molecular formula is C16H21N3. The van der Waals surface area contributed by atoms with Gasteiger partial charge in [0.15, 0.2) is 0 Å². The van der Waals surface area contributed by atoms with E-state index in [1.807, 2.05) is 19.2 Å². The lowest BCUT2D eigenvalue weighted by molar-refractivity contribution is 0.590. The fourth-order valence-electron chi connectivity index (χ4n) is 1.97. The molecule has 1 aromatic carbocycles. The highest BCUT2D eigenvalue weighted by Crippen LogP contribution is 2.29. The number of aryl methyl sites for hydroxylation is 1. The van der Waals surface area contributed by atoms with Crippen molar-refractivity contribution in [1.29, 1.82) is 0 Å². The second-order valence-electron chi connectivity index (χ2n) is 5.83. The van der Waals surface area contributed by atoms with E-state index in [2.05, 4.69) is 61.4 Å². The molecule has 0 spiro atoms. The van der Waals surface area contributed by atoms with Gasteiger partial charge in [0.1, 0.15) is 5.82 Å². The number of aromatic nitrogens is 2. The van der Waals surface area contributed by atoms with E-state index < -0.39 is 0 Å². The minimum absolute atomic E-state index is 0.140. The Hall–Kier alpha value is -1.90. The summed E-state index contributed by atoms with van der Waals surface area (Å²) >= 11 is 0. The van der Waals surface area contributed by atoms with Crippen molar-refractivity contribution in [2.24, 2.45) is 0 Å². The van der Waals surface area contributed by atoms with Gasteiger partial charge in [-0.1, -0.05) is 32.9 Å². The lowest BCUT2D eigenvalue weighted by Crippen LogP contribution is -2.11. The zero-order chi connectivity index (χ0) is 14.0. The number of nitrogens with zero attached hydrogens (tertiary/aromatic N) is 2. The summed E-state index contributed by atoms with van der Waals surface area (Å²) in [6.45, 7) is 8.76. The molecule has 0 aliphatic heterocycles. The van der Waals surface area contributed by atoms with E-state index in [4.69, 9.17) is 0 Å². The molecule has 3 heteroatoms. The predicted molar refractivity (Wildman–Crippen MR) is 80.5 cm³/mol. The van der Waals surface area contributed by atoms with Gasteiger partial charge >= 0.3 is 0 Å². The number of nitrogens with one attached hydrogen (secondary N) is 1. The van der Waals surface area contributed by atoms with Crippen LogP contribution in [-0.4, -0.2) is 17.2 Å². The summed E-state index contributed by atoms with van der Waals surface area (Å²) in [5.41, 5.74) is 4.75.